The molecular formula is C21H22Cl2N2O4. The van der Waals surface area contributed by atoms with E-state index >= 15 is 0 Å². The average molecular weight is 437 g/mol. The zero-order valence-electron chi connectivity index (χ0n) is 16.2. The van der Waals surface area contributed by atoms with Gasteiger partial charge in [-0.2, -0.15) is 0 Å². The lowest BCUT2D eigenvalue weighted by molar-refractivity contribution is 0.0698. The van der Waals surface area contributed by atoms with E-state index in [0.717, 1.165) is 0 Å². The van der Waals surface area contributed by atoms with Crippen molar-refractivity contribution in [3.8, 4) is 11.5 Å². The topological polar surface area (TPSA) is 67.9 Å². The summed E-state index contributed by atoms with van der Waals surface area (Å²) < 4.78 is 10.4. The van der Waals surface area contributed by atoms with Crippen LogP contribution in [0.3, 0.4) is 0 Å². The number of nitrogens with zero attached hydrogens (tertiary/aromatic N) is 1. The highest BCUT2D eigenvalue weighted by Crippen LogP contribution is 2.28. The molecule has 2 amide bonds. The van der Waals surface area contributed by atoms with Crippen molar-refractivity contribution in [1.29, 1.82) is 0 Å². The van der Waals surface area contributed by atoms with Gasteiger partial charge in [-0.25, -0.2) is 0 Å². The van der Waals surface area contributed by atoms with Gasteiger partial charge >= 0.3 is 0 Å². The van der Waals surface area contributed by atoms with Crippen molar-refractivity contribution in [2.75, 3.05) is 27.3 Å². The van der Waals surface area contributed by atoms with Gasteiger partial charge in [-0.3, -0.25) is 9.59 Å². The Labute approximate surface area is 179 Å². The van der Waals surface area contributed by atoms with Crippen LogP contribution in [0, 0.1) is 0 Å². The molecule has 1 saturated heterocycles. The van der Waals surface area contributed by atoms with Gasteiger partial charge in [0.1, 0.15) is 0 Å². The number of rotatable bonds is 5. The number of halogens is 2. The number of piperidine rings is 1. The van der Waals surface area contributed by atoms with Crippen LogP contribution in [-0.4, -0.2) is 50.1 Å². The van der Waals surface area contributed by atoms with E-state index in [9.17, 15) is 9.59 Å². The number of ether oxygens (including phenoxy) is 2. The zero-order chi connectivity index (χ0) is 21.0. The number of carbonyl (C=O) groups excluding carboxylic acids is 2. The lowest BCUT2D eigenvalue weighted by Gasteiger charge is -2.32. The number of amides is 2. The number of benzene rings is 2. The summed E-state index contributed by atoms with van der Waals surface area (Å²) >= 11 is 12.0. The summed E-state index contributed by atoms with van der Waals surface area (Å²) in [5, 5.41) is 3.85. The second-order valence-corrected chi connectivity index (χ2v) is 7.58. The minimum Gasteiger partial charge on any atom is -0.493 e. The summed E-state index contributed by atoms with van der Waals surface area (Å²) in [5.41, 5.74) is 0.929. The third kappa shape index (κ3) is 4.95. The minimum atomic E-state index is -0.184. The van der Waals surface area contributed by atoms with E-state index in [1.54, 1.807) is 48.4 Å². The van der Waals surface area contributed by atoms with Crippen LogP contribution >= 0.6 is 23.2 Å². The molecule has 0 atom stereocenters. The molecule has 6 nitrogen and oxygen atoms in total. The van der Waals surface area contributed by atoms with Crippen LogP contribution in [0.15, 0.2) is 36.4 Å². The monoisotopic (exact) mass is 436 g/mol. The SMILES string of the molecule is COc1ccc(C(=O)NC2CCN(C(=O)c3ccc(Cl)cc3Cl)CC2)cc1OC. The van der Waals surface area contributed by atoms with E-state index in [4.69, 9.17) is 32.7 Å². The molecule has 0 aromatic heterocycles. The second-order valence-electron chi connectivity index (χ2n) is 6.73. The molecule has 2 aromatic carbocycles. The summed E-state index contributed by atoms with van der Waals surface area (Å²) in [5.74, 6) is 0.755. The molecule has 1 heterocycles. The summed E-state index contributed by atoms with van der Waals surface area (Å²) in [4.78, 5) is 27.0. The van der Waals surface area contributed by atoms with Gasteiger partial charge in [0.2, 0.25) is 0 Å². The Bertz CT molecular complexity index is 912. The van der Waals surface area contributed by atoms with Crippen LogP contribution in [0.25, 0.3) is 0 Å². The number of carbonyl (C=O) groups is 2. The smallest absolute Gasteiger partial charge is 0.255 e. The number of hydrogen-bond donors (Lipinski definition) is 1. The fraction of sp³-hybridized carbons (Fsp3) is 0.333. The zero-order valence-corrected chi connectivity index (χ0v) is 17.7. The number of methoxy groups -OCH3 is 2. The quantitative estimate of drug-likeness (QED) is 0.767. The van der Waals surface area contributed by atoms with Crippen molar-refractivity contribution < 1.29 is 19.1 Å². The van der Waals surface area contributed by atoms with Crippen LogP contribution in [0.5, 0.6) is 11.5 Å². The first-order valence-electron chi connectivity index (χ1n) is 9.20. The highest BCUT2D eigenvalue weighted by atomic mass is 35.5. The predicted molar refractivity (Wildman–Crippen MR) is 112 cm³/mol. The first kappa shape index (κ1) is 21.3. The van der Waals surface area contributed by atoms with Crippen LogP contribution in [0.1, 0.15) is 33.6 Å². The van der Waals surface area contributed by atoms with Crippen LogP contribution in [0.2, 0.25) is 10.0 Å². The molecule has 1 fully saturated rings. The van der Waals surface area contributed by atoms with Gasteiger partial charge in [-0.1, -0.05) is 23.2 Å². The molecular weight excluding hydrogens is 415 g/mol. The third-order valence-electron chi connectivity index (χ3n) is 4.92. The van der Waals surface area contributed by atoms with Gasteiger partial charge in [0, 0.05) is 29.7 Å². The van der Waals surface area contributed by atoms with E-state index in [1.807, 2.05) is 0 Å². The molecule has 3 rings (SSSR count). The molecule has 1 aliphatic rings. The lowest BCUT2D eigenvalue weighted by Crippen LogP contribution is -2.46. The molecule has 0 unspecified atom stereocenters. The van der Waals surface area contributed by atoms with Crippen molar-refractivity contribution in [3.05, 3.63) is 57.6 Å². The standard InChI is InChI=1S/C21H22Cl2N2O4/c1-28-18-6-3-13(11-19(18)29-2)20(26)24-15-7-9-25(10-8-15)21(27)16-5-4-14(22)12-17(16)23/h3-6,11-12,15H,7-10H2,1-2H3,(H,24,26). The number of nitrogens with one attached hydrogen (secondary N) is 1. The van der Waals surface area contributed by atoms with Crippen molar-refractivity contribution in [3.63, 3.8) is 0 Å². The van der Waals surface area contributed by atoms with Gasteiger partial charge in [0.25, 0.3) is 11.8 Å². The van der Waals surface area contributed by atoms with Crippen LogP contribution in [-0.2, 0) is 0 Å². The highest BCUT2D eigenvalue weighted by Gasteiger charge is 2.26. The second kappa shape index (κ2) is 9.37. The normalized spacial score (nSPS) is 14.4. The Balaban J connectivity index is 1.58. The molecule has 8 heteroatoms. The molecule has 29 heavy (non-hydrogen) atoms. The van der Waals surface area contributed by atoms with Crippen molar-refractivity contribution >= 4 is 35.0 Å². The highest BCUT2D eigenvalue weighted by molar-refractivity contribution is 6.36. The van der Waals surface area contributed by atoms with Crippen molar-refractivity contribution in [2.24, 2.45) is 0 Å². The Kier molecular flexibility index (Phi) is 6.87. The maximum absolute atomic E-state index is 12.7. The van der Waals surface area contributed by atoms with Gasteiger partial charge in [-0.05, 0) is 49.2 Å². The average Bonchev–Trinajstić information content (AvgIpc) is 2.73. The first-order chi connectivity index (χ1) is 13.9. The maximum Gasteiger partial charge on any atom is 0.255 e. The molecule has 1 N–H and O–H groups in total. The minimum absolute atomic E-state index is 0.0136. The van der Waals surface area contributed by atoms with E-state index in [1.165, 1.54) is 7.11 Å². The van der Waals surface area contributed by atoms with Crippen molar-refractivity contribution in [2.45, 2.75) is 18.9 Å². The molecule has 1 aliphatic heterocycles. The third-order valence-corrected chi connectivity index (χ3v) is 5.47. The number of likely N-dealkylation sites (tertiary alicyclic amines) is 1. The van der Waals surface area contributed by atoms with Crippen molar-refractivity contribution in [1.82, 2.24) is 10.2 Å². The molecule has 154 valence electrons. The van der Waals surface area contributed by atoms with E-state index < -0.39 is 0 Å². The summed E-state index contributed by atoms with van der Waals surface area (Å²) in [6.07, 6.45) is 1.33. The molecule has 0 aliphatic carbocycles. The van der Waals surface area contributed by atoms with E-state index in [2.05, 4.69) is 5.32 Å². The lowest BCUT2D eigenvalue weighted by atomic mass is 10.0. The Morgan fingerprint density at radius 1 is 1.00 bits per heavy atom. The van der Waals surface area contributed by atoms with Gasteiger partial charge in [0.05, 0.1) is 24.8 Å². The van der Waals surface area contributed by atoms with Gasteiger partial charge < -0.3 is 19.7 Å². The fourth-order valence-corrected chi connectivity index (χ4v) is 3.80. The first-order valence-corrected chi connectivity index (χ1v) is 9.95. The summed E-state index contributed by atoms with van der Waals surface area (Å²) in [7, 11) is 3.07. The Hall–Kier alpha value is -2.44. The fourth-order valence-electron chi connectivity index (χ4n) is 3.31. The Morgan fingerprint density at radius 2 is 1.69 bits per heavy atom. The number of hydrogen-bond acceptors (Lipinski definition) is 4. The van der Waals surface area contributed by atoms with Crippen LogP contribution < -0.4 is 14.8 Å². The Morgan fingerprint density at radius 3 is 2.31 bits per heavy atom. The van der Waals surface area contributed by atoms with E-state index in [-0.39, 0.29) is 17.9 Å². The molecule has 2 aromatic rings. The summed E-state index contributed by atoms with van der Waals surface area (Å²) in [6.45, 7) is 1.07. The maximum atomic E-state index is 12.7. The molecule has 0 spiro atoms. The van der Waals surface area contributed by atoms with Gasteiger partial charge in [0.15, 0.2) is 11.5 Å². The van der Waals surface area contributed by atoms with Crippen LogP contribution in [0.4, 0.5) is 0 Å². The van der Waals surface area contributed by atoms with E-state index in [0.29, 0.717) is 58.6 Å². The molecule has 0 saturated carbocycles. The summed E-state index contributed by atoms with van der Waals surface area (Å²) in [6, 6.07) is 9.87. The largest absolute Gasteiger partial charge is 0.493 e. The van der Waals surface area contributed by atoms with Gasteiger partial charge in [-0.15, -0.1) is 0 Å². The molecule has 0 radical (unpaired) electrons. The predicted octanol–water partition coefficient (Wildman–Crippen LogP) is 4.05. The molecule has 0 bridgehead atoms.